The second kappa shape index (κ2) is 5.32. The number of aromatic nitrogens is 2. The molecule has 2 rings (SSSR count). The van der Waals surface area contributed by atoms with E-state index in [1.54, 1.807) is 18.2 Å². The summed E-state index contributed by atoms with van der Waals surface area (Å²) in [5.41, 5.74) is -0.00995. The first-order valence-corrected chi connectivity index (χ1v) is 5.91. The number of hydrogen-bond acceptors (Lipinski definition) is 4. The van der Waals surface area contributed by atoms with Crippen molar-refractivity contribution < 1.29 is 14.6 Å². The van der Waals surface area contributed by atoms with Gasteiger partial charge < -0.3 is 9.84 Å². The molecule has 0 saturated carbocycles. The van der Waals surface area contributed by atoms with Gasteiger partial charge in [0.15, 0.2) is 0 Å². The Hall–Kier alpha value is -1.66. The number of carbonyl (C=O) groups is 1. The Morgan fingerprint density at radius 1 is 1.33 bits per heavy atom. The van der Waals surface area contributed by atoms with E-state index in [1.165, 1.54) is 0 Å². The standard InChI is InChI=1S/C11H6BrClN2O3/c12-7-1-2-9(8(13)3-7)18-11-14-4-6(5-15-11)10(16)17/h1-5H,(H,16,17). The maximum atomic E-state index is 10.6. The van der Waals surface area contributed by atoms with Crippen LogP contribution in [0.15, 0.2) is 35.1 Å². The van der Waals surface area contributed by atoms with E-state index >= 15 is 0 Å². The van der Waals surface area contributed by atoms with Gasteiger partial charge in [-0.25, -0.2) is 14.8 Å². The summed E-state index contributed by atoms with van der Waals surface area (Å²) in [6.45, 7) is 0. The highest BCUT2D eigenvalue weighted by Crippen LogP contribution is 2.30. The Morgan fingerprint density at radius 3 is 2.56 bits per heavy atom. The SMILES string of the molecule is O=C(O)c1cnc(Oc2ccc(Br)cc2Cl)nc1. The van der Waals surface area contributed by atoms with Crippen molar-refractivity contribution in [3.8, 4) is 11.8 Å². The van der Waals surface area contributed by atoms with Crippen LogP contribution in [0.25, 0.3) is 0 Å². The number of hydrogen-bond donors (Lipinski definition) is 1. The molecule has 0 aliphatic carbocycles. The van der Waals surface area contributed by atoms with Gasteiger partial charge >= 0.3 is 12.0 Å². The molecule has 0 bridgehead atoms. The topological polar surface area (TPSA) is 72.3 Å². The highest BCUT2D eigenvalue weighted by Gasteiger charge is 2.08. The molecule has 0 amide bonds. The average molecular weight is 330 g/mol. The van der Waals surface area contributed by atoms with E-state index in [1.807, 2.05) is 0 Å². The lowest BCUT2D eigenvalue weighted by molar-refractivity contribution is 0.0696. The zero-order valence-corrected chi connectivity index (χ0v) is 11.1. The van der Waals surface area contributed by atoms with Gasteiger partial charge in [0, 0.05) is 16.9 Å². The summed E-state index contributed by atoms with van der Waals surface area (Å²) in [5.74, 6) is -0.703. The van der Waals surface area contributed by atoms with E-state index in [2.05, 4.69) is 25.9 Å². The summed E-state index contributed by atoms with van der Waals surface area (Å²) in [6, 6.07) is 5.11. The molecule has 1 heterocycles. The first-order chi connectivity index (χ1) is 8.56. The summed E-state index contributed by atoms with van der Waals surface area (Å²) < 4.78 is 6.15. The molecule has 1 N–H and O–H groups in total. The summed E-state index contributed by atoms with van der Waals surface area (Å²) in [4.78, 5) is 18.2. The van der Waals surface area contributed by atoms with Crippen LogP contribution in [0.4, 0.5) is 0 Å². The molecule has 7 heteroatoms. The molecule has 18 heavy (non-hydrogen) atoms. The first-order valence-electron chi connectivity index (χ1n) is 4.74. The van der Waals surface area contributed by atoms with Crippen molar-refractivity contribution in [2.24, 2.45) is 0 Å². The maximum Gasteiger partial charge on any atom is 0.338 e. The third-order valence-corrected chi connectivity index (χ3v) is 2.76. The molecular weight excluding hydrogens is 323 g/mol. The van der Waals surface area contributed by atoms with Gasteiger partial charge in [-0.15, -0.1) is 0 Å². The molecule has 0 saturated heterocycles. The Labute approximate surface area is 116 Å². The van der Waals surface area contributed by atoms with Crippen LogP contribution in [0, 0.1) is 0 Å². The molecule has 0 spiro atoms. The van der Waals surface area contributed by atoms with Crippen molar-refractivity contribution in [3.05, 3.63) is 45.7 Å². The number of carboxylic acid groups (broad SMARTS) is 1. The van der Waals surface area contributed by atoms with Gasteiger partial charge in [-0.05, 0) is 18.2 Å². The van der Waals surface area contributed by atoms with Crippen molar-refractivity contribution in [3.63, 3.8) is 0 Å². The Balaban J connectivity index is 2.21. The Kier molecular flexibility index (Phi) is 3.78. The van der Waals surface area contributed by atoms with E-state index in [0.717, 1.165) is 16.9 Å². The summed E-state index contributed by atoms with van der Waals surface area (Å²) in [5, 5.41) is 9.09. The van der Waals surface area contributed by atoms with E-state index in [0.29, 0.717) is 10.8 Å². The van der Waals surface area contributed by atoms with Crippen LogP contribution >= 0.6 is 27.5 Å². The second-order valence-electron chi connectivity index (χ2n) is 3.24. The van der Waals surface area contributed by atoms with Gasteiger partial charge in [0.1, 0.15) is 5.75 Å². The number of aromatic carboxylic acids is 1. The average Bonchev–Trinajstić information content (AvgIpc) is 2.33. The van der Waals surface area contributed by atoms with E-state index < -0.39 is 5.97 Å². The van der Waals surface area contributed by atoms with E-state index in [4.69, 9.17) is 21.4 Å². The van der Waals surface area contributed by atoms with Crippen LogP contribution in [0.1, 0.15) is 10.4 Å². The minimum Gasteiger partial charge on any atom is -0.478 e. The fraction of sp³-hybridized carbons (Fsp3) is 0. The molecule has 0 aliphatic rings. The smallest absolute Gasteiger partial charge is 0.338 e. The lowest BCUT2D eigenvalue weighted by atomic mass is 10.3. The van der Waals surface area contributed by atoms with Crippen molar-refractivity contribution in [1.82, 2.24) is 9.97 Å². The normalized spacial score (nSPS) is 10.1. The van der Waals surface area contributed by atoms with Gasteiger partial charge in [0.2, 0.25) is 0 Å². The lowest BCUT2D eigenvalue weighted by Crippen LogP contribution is -1.99. The molecule has 0 radical (unpaired) electrons. The molecule has 5 nitrogen and oxygen atoms in total. The number of halogens is 2. The lowest BCUT2D eigenvalue weighted by Gasteiger charge is -2.05. The van der Waals surface area contributed by atoms with Crippen LogP contribution in [-0.4, -0.2) is 21.0 Å². The van der Waals surface area contributed by atoms with Gasteiger partial charge in [-0.1, -0.05) is 27.5 Å². The van der Waals surface area contributed by atoms with Crippen molar-refractivity contribution >= 4 is 33.5 Å². The van der Waals surface area contributed by atoms with Crippen LogP contribution in [0.2, 0.25) is 5.02 Å². The second-order valence-corrected chi connectivity index (χ2v) is 4.56. The molecule has 0 fully saturated rings. The molecule has 1 aromatic carbocycles. The molecule has 0 aliphatic heterocycles. The molecule has 2 aromatic rings. The third-order valence-electron chi connectivity index (χ3n) is 1.97. The summed E-state index contributed by atoms with van der Waals surface area (Å²) in [7, 11) is 0. The Morgan fingerprint density at radius 2 is 2.00 bits per heavy atom. The van der Waals surface area contributed by atoms with Crippen LogP contribution in [-0.2, 0) is 0 Å². The molecule has 0 atom stereocenters. The van der Waals surface area contributed by atoms with Crippen molar-refractivity contribution in [2.45, 2.75) is 0 Å². The molecule has 1 aromatic heterocycles. The van der Waals surface area contributed by atoms with E-state index in [-0.39, 0.29) is 11.6 Å². The highest BCUT2D eigenvalue weighted by molar-refractivity contribution is 9.10. The Bertz CT molecular complexity index is 589. The predicted molar refractivity (Wildman–Crippen MR) is 68.2 cm³/mol. The molecule has 92 valence electrons. The van der Waals surface area contributed by atoms with Gasteiger partial charge in [0.25, 0.3) is 0 Å². The first kappa shape index (κ1) is 12.8. The van der Waals surface area contributed by atoms with Crippen LogP contribution in [0.5, 0.6) is 11.8 Å². The van der Waals surface area contributed by atoms with Crippen molar-refractivity contribution in [2.75, 3.05) is 0 Å². The monoisotopic (exact) mass is 328 g/mol. The minimum absolute atomic E-state index is 0.00995. The number of rotatable bonds is 3. The summed E-state index contributed by atoms with van der Waals surface area (Å²) >= 11 is 9.23. The molecule has 0 unspecified atom stereocenters. The van der Waals surface area contributed by atoms with Crippen LogP contribution in [0.3, 0.4) is 0 Å². The number of nitrogens with zero attached hydrogens (tertiary/aromatic N) is 2. The fourth-order valence-electron chi connectivity index (χ4n) is 1.14. The summed E-state index contributed by atoms with van der Waals surface area (Å²) in [6.07, 6.45) is 2.33. The maximum absolute atomic E-state index is 10.6. The number of carboxylic acids is 1. The fourth-order valence-corrected chi connectivity index (χ4v) is 1.85. The zero-order chi connectivity index (χ0) is 13.1. The van der Waals surface area contributed by atoms with Gasteiger partial charge in [-0.2, -0.15) is 0 Å². The van der Waals surface area contributed by atoms with Gasteiger partial charge in [0.05, 0.1) is 10.6 Å². The largest absolute Gasteiger partial charge is 0.478 e. The van der Waals surface area contributed by atoms with Crippen molar-refractivity contribution in [1.29, 1.82) is 0 Å². The quantitative estimate of drug-likeness (QED) is 0.934. The minimum atomic E-state index is -1.09. The van der Waals surface area contributed by atoms with Gasteiger partial charge in [-0.3, -0.25) is 0 Å². The number of ether oxygens (including phenoxy) is 1. The zero-order valence-electron chi connectivity index (χ0n) is 8.80. The third kappa shape index (κ3) is 2.96. The highest BCUT2D eigenvalue weighted by atomic mass is 79.9. The van der Waals surface area contributed by atoms with E-state index in [9.17, 15) is 4.79 Å². The number of benzene rings is 1. The van der Waals surface area contributed by atoms with Crippen LogP contribution < -0.4 is 4.74 Å². The molecular formula is C11H6BrClN2O3. The predicted octanol–water partition coefficient (Wildman–Crippen LogP) is 3.38.